The molecule has 1 unspecified atom stereocenters. The number of aryl methyl sites for hydroxylation is 1. The molecular weight excluding hydrogens is 460 g/mol. The van der Waals surface area contributed by atoms with Crippen LogP contribution in [-0.2, 0) is 21.2 Å². The molecule has 3 aromatic rings. The summed E-state index contributed by atoms with van der Waals surface area (Å²) < 4.78 is 29.4. The van der Waals surface area contributed by atoms with Crippen molar-refractivity contribution in [3.63, 3.8) is 0 Å². The molecule has 1 N–H and O–H groups in total. The van der Waals surface area contributed by atoms with Crippen molar-refractivity contribution < 1.29 is 13.2 Å². The third kappa shape index (κ3) is 6.00. The largest absolute Gasteiger partial charge is 0.349 e. The molecule has 1 saturated heterocycles. The van der Waals surface area contributed by atoms with Gasteiger partial charge < -0.3 is 5.32 Å². The maximum Gasteiger partial charge on any atom is 0.243 e. The molecule has 2 heterocycles. The summed E-state index contributed by atoms with van der Waals surface area (Å²) in [5, 5.41) is 7.55. The van der Waals surface area contributed by atoms with Gasteiger partial charge in [-0.1, -0.05) is 43.2 Å². The van der Waals surface area contributed by atoms with Gasteiger partial charge in [0.05, 0.1) is 22.8 Å². The standard InChI is InChI=1S/C27H34N4O3S/c1-21(26-20-28-31(22(26)2)24-10-6-5-7-11-24)29-27(32)17-14-23-12-15-25(16-13-23)35(33,34)30-18-8-3-4-9-19-30/h5-7,10-13,15-16,20-21H,3-4,8-9,14,17-19H2,1-2H3,(H,29,32). The Hall–Kier alpha value is -2.97. The van der Waals surface area contributed by atoms with E-state index in [2.05, 4.69) is 10.4 Å². The zero-order chi connectivity index (χ0) is 24.8. The van der Waals surface area contributed by atoms with Crippen molar-refractivity contribution >= 4 is 15.9 Å². The molecular formula is C27H34N4O3S. The predicted octanol–water partition coefficient (Wildman–Crippen LogP) is 4.56. The van der Waals surface area contributed by atoms with Gasteiger partial charge in [0.1, 0.15) is 0 Å². The van der Waals surface area contributed by atoms with E-state index in [1.807, 2.05) is 61.0 Å². The van der Waals surface area contributed by atoms with Crippen molar-refractivity contribution in [2.24, 2.45) is 0 Å². The zero-order valence-corrected chi connectivity index (χ0v) is 21.3. The highest BCUT2D eigenvalue weighted by molar-refractivity contribution is 7.89. The fraction of sp³-hybridized carbons (Fsp3) is 0.407. The van der Waals surface area contributed by atoms with Crippen LogP contribution < -0.4 is 5.32 Å². The number of sulfonamides is 1. The first-order valence-electron chi connectivity index (χ1n) is 12.3. The van der Waals surface area contributed by atoms with E-state index >= 15 is 0 Å². The van der Waals surface area contributed by atoms with E-state index < -0.39 is 10.0 Å². The van der Waals surface area contributed by atoms with Crippen LogP contribution in [0.4, 0.5) is 0 Å². The Morgan fingerprint density at radius 3 is 2.31 bits per heavy atom. The van der Waals surface area contributed by atoms with Crippen molar-refractivity contribution in [2.75, 3.05) is 13.1 Å². The summed E-state index contributed by atoms with van der Waals surface area (Å²) in [6, 6.07) is 16.7. The van der Waals surface area contributed by atoms with Gasteiger partial charge in [0.25, 0.3) is 0 Å². The van der Waals surface area contributed by atoms with Crippen LogP contribution in [0, 0.1) is 6.92 Å². The normalized spacial score (nSPS) is 15.9. The minimum Gasteiger partial charge on any atom is -0.349 e. The van der Waals surface area contributed by atoms with E-state index in [-0.39, 0.29) is 11.9 Å². The first-order valence-corrected chi connectivity index (χ1v) is 13.8. The minimum absolute atomic E-state index is 0.0503. The summed E-state index contributed by atoms with van der Waals surface area (Å²) in [4.78, 5) is 12.9. The minimum atomic E-state index is -3.46. The zero-order valence-electron chi connectivity index (χ0n) is 20.5. The van der Waals surface area contributed by atoms with Crippen LogP contribution in [0.25, 0.3) is 5.69 Å². The van der Waals surface area contributed by atoms with Crippen LogP contribution >= 0.6 is 0 Å². The third-order valence-electron chi connectivity index (χ3n) is 6.66. The summed E-state index contributed by atoms with van der Waals surface area (Å²) in [5.41, 5.74) is 3.89. The van der Waals surface area contributed by atoms with Gasteiger partial charge in [-0.25, -0.2) is 13.1 Å². The van der Waals surface area contributed by atoms with E-state index in [4.69, 9.17) is 0 Å². The number of hydrogen-bond donors (Lipinski definition) is 1. The van der Waals surface area contributed by atoms with Gasteiger partial charge in [0.15, 0.2) is 0 Å². The van der Waals surface area contributed by atoms with E-state index in [9.17, 15) is 13.2 Å². The van der Waals surface area contributed by atoms with Crippen LogP contribution in [0.15, 0.2) is 65.7 Å². The van der Waals surface area contributed by atoms with Crippen LogP contribution in [0.1, 0.15) is 61.9 Å². The van der Waals surface area contributed by atoms with E-state index in [0.29, 0.717) is 30.8 Å². The van der Waals surface area contributed by atoms with Gasteiger partial charge >= 0.3 is 0 Å². The molecule has 35 heavy (non-hydrogen) atoms. The van der Waals surface area contributed by atoms with Gasteiger partial charge in [-0.15, -0.1) is 0 Å². The lowest BCUT2D eigenvalue weighted by atomic mass is 10.1. The van der Waals surface area contributed by atoms with Crippen molar-refractivity contribution in [3.8, 4) is 5.69 Å². The number of rotatable bonds is 8. The summed E-state index contributed by atoms with van der Waals surface area (Å²) in [5.74, 6) is -0.0503. The number of aromatic nitrogens is 2. The highest BCUT2D eigenvalue weighted by Gasteiger charge is 2.25. The van der Waals surface area contributed by atoms with Crippen molar-refractivity contribution in [1.82, 2.24) is 19.4 Å². The molecule has 0 bridgehead atoms. The van der Waals surface area contributed by atoms with Crippen molar-refractivity contribution in [3.05, 3.63) is 77.6 Å². The van der Waals surface area contributed by atoms with Crippen LogP contribution in [0.3, 0.4) is 0 Å². The average Bonchev–Trinajstić information content (AvgIpc) is 3.05. The highest BCUT2D eigenvalue weighted by atomic mass is 32.2. The van der Waals surface area contributed by atoms with Gasteiger partial charge in [0, 0.05) is 30.8 Å². The number of para-hydroxylation sites is 1. The van der Waals surface area contributed by atoms with Gasteiger partial charge in [0.2, 0.25) is 15.9 Å². The first-order chi connectivity index (χ1) is 16.9. The van der Waals surface area contributed by atoms with Gasteiger partial charge in [-0.05, 0) is 62.9 Å². The highest BCUT2D eigenvalue weighted by Crippen LogP contribution is 2.22. The smallest absolute Gasteiger partial charge is 0.243 e. The molecule has 1 atom stereocenters. The Balaban J connectivity index is 1.32. The number of nitrogens with zero attached hydrogens (tertiary/aromatic N) is 3. The van der Waals surface area contributed by atoms with Crippen molar-refractivity contribution in [1.29, 1.82) is 0 Å². The van der Waals surface area contributed by atoms with Crippen LogP contribution in [0.5, 0.6) is 0 Å². The van der Waals surface area contributed by atoms with Gasteiger partial charge in [-0.3, -0.25) is 4.79 Å². The Morgan fingerprint density at radius 2 is 1.66 bits per heavy atom. The quantitative estimate of drug-likeness (QED) is 0.498. The van der Waals surface area contributed by atoms with Crippen LogP contribution in [0.2, 0.25) is 0 Å². The second kappa shape index (κ2) is 11.2. The second-order valence-corrected chi connectivity index (χ2v) is 11.1. The first kappa shape index (κ1) is 25.1. The fourth-order valence-corrected chi connectivity index (χ4v) is 6.10. The molecule has 0 aliphatic carbocycles. The molecule has 1 aromatic heterocycles. The fourth-order valence-electron chi connectivity index (χ4n) is 4.59. The maximum absolute atomic E-state index is 12.9. The molecule has 7 nitrogen and oxygen atoms in total. The second-order valence-electron chi connectivity index (χ2n) is 9.18. The lowest BCUT2D eigenvalue weighted by Gasteiger charge is -2.20. The Bertz CT molecular complexity index is 1230. The maximum atomic E-state index is 12.9. The summed E-state index contributed by atoms with van der Waals surface area (Å²) in [6.45, 7) is 5.14. The average molecular weight is 495 g/mol. The summed E-state index contributed by atoms with van der Waals surface area (Å²) in [6.07, 6.45) is 6.67. The molecule has 8 heteroatoms. The van der Waals surface area contributed by atoms with Crippen LogP contribution in [-0.4, -0.2) is 41.5 Å². The van der Waals surface area contributed by atoms with E-state index in [1.165, 1.54) is 0 Å². The van der Waals surface area contributed by atoms with E-state index in [1.54, 1.807) is 22.6 Å². The molecule has 4 rings (SSSR count). The Morgan fingerprint density at radius 1 is 1.00 bits per heavy atom. The summed E-state index contributed by atoms with van der Waals surface area (Å²) >= 11 is 0. The molecule has 1 amide bonds. The molecule has 1 fully saturated rings. The number of amides is 1. The summed E-state index contributed by atoms with van der Waals surface area (Å²) in [7, 11) is -3.46. The topological polar surface area (TPSA) is 84.3 Å². The molecule has 1 aliphatic rings. The third-order valence-corrected chi connectivity index (χ3v) is 8.57. The molecule has 0 saturated carbocycles. The lowest BCUT2D eigenvalue weighted by Crippen LogP contribution is -2.31. The number of carbonyl (C=O) groups is 1. The number of nitrogens with one attached hydrogen (secondary N) is 1. The van der Waals surface area contributed by atoms with Gasteiger partial charge in [-0.2, -0.15) is 9.40 Å². The Labute approximate surface area is 208 Å². The number of carbonyl (C=O) groups excluding carboxylic acids is 1. The number of hydrogen-bond acceptors (Lipinski definition) is 4. The predicted molar refractivity (Wildman–Crippen MR) is 137 cm³/mol. The number of benzene rings is 2. The van der Waals surface area contributed by atoms with E-state index in [0.717, 1.165) is 48.2 Å². The van der Waals surface area contributed by atoms with Crippen molar-refractivity contribution in [2.45, 2.75) is 63.3 Å². The monoisotopic (exact) mass is 494 g/mol. The molecule has 2 aromatic carbocycles. The molecule has 0 radical (unpaired) electrons. The molecule has 0 spiro atoms. The molecule has 1 aliphatic heterocycles. The lowest BCUT2D eigenvalue weighted by molar-refractivity contribution is -0.121. The molecule has 186 valence electrons. The Kier molecular flexibility index (Phi) is 8.03. The SMILES string of the molecule is Cc1c(C(C)NC(=O)CCc2ccc(S(=O)(=O)N3CCCCCC3)cc2)cnn1-c1ccccc1.